The fourth-order valence-corrected chi connectivity index (χ4v) is 2.26. The Hall–Kier alpha value is -1.62. The second-order valence-electron chi connectivity index (χ2n) is 3.91. The Morgan fingerprint density at radius 1 is 1.00 bits per heavy atom. The minimum atomic E-state index is -1.18. The summed E-state index contributed by atoms with van der Waals surface area (Å²) in [5.74, 6) is -2.98. The summed E-state index contributed by atoms with van der Waals surface area (Å²) in [6, 6.07) is 8.96. The lowest BCUT2D eigenvalue weighted by molar-refractivity contribution is 0.490. The SMILES string of the molecule is CSc1ccccc1NCc1cc(F)c(F)cc1F. The van der Waals surface area contributed by atoms with Crippen molar-refractivity contribution < 1.29 is 13.2 Å². The predicted octanol–water partition coefficient (Wildman–Crippen LogP) is 4.44. The Bertz CT molecular complexity index is 587. The van der Waals surface area contributed by atoms with Crippen LogP contribution in [0.1, 0.15) is 5.56 Å². The molecule has 0 unspecified atom stereocenters. The number of halogens is 3. The molecule has 1 nitrogen and oxygen atoms in total. The van der Waals surface area contributed by atoms with E-state index in [9.17, 15) is 13.2 Å². The van der Waals surface area contributed by atoms with Crippen molar-refractivity contribution in [1.82, 2.24) is 0 Å². The molecule has 0 radical (unpaired) electrons. The highest BCUT2D eigenvalue weighted by atomic mass is 32.2. The van der Waals surface area contributed by atoms with E-state index in [1.807, 2.05) is 30.5 Å². The van der Waals surface area contributed by atoms with Crippen molar-refractivity contribution in [2.24, 2.45) is 0 Å². The van der Waals surface area contributed by atoms with Crippen molar-refractivity contribution in [3.63, 3.8) is 0 Å². The molecule has 0 aliphatic rings. The highest BCUT2D eigenvalue weighted by Gasteiger charge is 2.10. The molecule has 19 heavy (non-hydrogen) atoms. The minimum Gasteiger partial charge on any atom is -0.380 e. The summed E-state index contributed by atoms with van der Waals surface area (Å²) in [4.78, 5) is 1.01. The van der Waals surface area contributed by atoms with E-state index >= 15 is 0 Å². The quantitative estimate of drug-likeness (QED) is 0.657. The van der Waals surface area contributed by atoms with Gasteiger partial charge in [-0.05, 0) is 24.5 Å². The Kier molecular flexibility index (Phi) is 4.37. The molecule has 0 atom stereocenters. The molecule has 0 amide bonds. The smallest absolute Gasteiger partial charge is 0.161 e. The fraction of sp³-hybridized carbons (Fsp3) is 0.143. The first kappa shape index (κ1) is 13.8. The minimum absolute atomic E-state index is 0.0924. The third-order valence-corrected chi connectivity index (χ3v) is 3.46. The molecular formula is C14H12F3NS. The molecule has 0 heterocycles. The number of rotatable bonds is 4. The van der Waals surface area contributed by atoms with Gasteiger partial charge in [0.1, 0.15) is 5.82 Å². The molecule has 1 N–H and O–H groups in total. The summed E-state index contributed by atoms with van der Waals surface area (Å²) in [5, 5.41) is 3.02. The summed E-state index contributed by atoms with van der Waals surface area (Å²) in [6.07, 6.45) is 1.93. The van der Waals surface area contributed by atoms with Crippen LogP contribution in [-0.4, -0.2) is 6.26 Å². The lowest BCUT2D eigenvalue weighted by Gasteiger charge is -2.11. The molecule has 0 saturated carbocycles. The van der Waals surface area contributed by atoms with Gasteiger partial charge in [0.15, 0.2) is 11.6 Å². The van der Waals surface area contributed by atoms with Gasteiger partial charge in [-0.3, -0.25) is 0 Å². The molecule has 0 spiro atoms. The number of nitrogens with one attached hydrogen (secondary N) is 1. The van der Waals surface area contributed by atoms with Gasteiger partial charge in [0.2, 0.25) is 0 Å². The summed E-state index contributed by atoms with van der Waals surface area (Å²) >= 11 is 1.55. The van der Waals surface area contributed by atoms with Gasteiger partial charge in [-0.2, -0.15) is 0 Å². The monoisotopic (exact) mass is 283 g/mol. The van der Waals surface area contributed by atoms with Crippen molar-refractivity contribution >= 4 is 17.4 Å². The van der Waals surface area contributed by atoms with Crippen molar-refractivity contribution in [2.75, 3.05) is 11.6 Å². The largest absolute Gasteiger partial charge is 0.380 e. The molecular weight excluding hydrogens is 271 g/mol. The van der Waals surface area contributed by atoms with E-state index < -0.39 is 17.5 Å². The predicted molar refractivity (Wildman–Crippen MR) is 71.9 cm³/mol. The van der Waals surface area contributed by atoms with Crippen LogP contribution in [0.2, 0.25) is 0 Å². The van der Waals surface area contributed by atoms with E-state index in [0.717, 1.165) is 16.6 Å². The van der Waals surface area contributed by atoms with E-state index in [1.54, 1.807) is 11.8 Å². The van der Waals surface area contributed by atoms with Crippen LogP contribution in [0.25, 0.3) is 0 Å². The second-order valence-corrected chi connectivity index (χ2v) is 4.76. The lowest BCUT2D eigenvalue weighted by Crippen LogP contribution is -2.04. The molecule has 0 aromatic heterocycles. The molecule has 0 saturated heterocycles. The van der Waals surface area contributed by atoms with Gasteiger partial charge < -0.3 is 5.32 Å². The van der Waals surface area contributed by atoms with Crippen molar-refractivity contribution in [1.29, 1.82) is 0 Å². The van der Waals surface area contributed by atoms with Crippen molar-refractivity contribution in [2.45, 2.75) is 11.4 Å². The second kappa shape index (κ2) is 6.02. The molecule has 5 heteroatoms. The summed E-state index contributed by atoms with van der Waals surface area (Å²) < 4.78 is 39.3. The van der Waals surface area contributed by atoms with Crippen LogP contribution in [0.4, 0.5) is 18.9 Å². The van der Waals surface area contributed by atoms with E-state index in [-0.39, 0.29) is 12.1 Å². The van der Waals surface area contributed by atoms with Crippen LogP contribution >= 0.6 is 11.8 Å². The summed E-state index contributed by atoms with van der Waals surface area (Å²) in [6.45, 7) is 0.0978. The van der Waals surface area contributed by atoms with Gasteiger partial charge in [-0.15, -0.1) is 11.8 Å². The van der Waals surface area contributed by atoms with Gasteiger partial charge in [0, 0.05) is 28.8 Å². The van der Waals surface area contributed by atoms with Crippen LogP contribution in [0.15, 0.2) is 41.3 Å². The highest BCUT2D eigenvalue weighted by molar-refractivity contribution is 7.98. The van der Waals surface area contributed by atoms with Gasteiger partial charge >= 0.3 is 0 Å². The number of para-hydroxylation sites is 1. The molecule has 0 fully saturated rings. The summed E-state index contributed by atoms with van der Waals surface area (Å²) in [7, 11) is 0. The van der Waals surface area contributed by atoms with Crippen LogP contribution in [-0.2, 0) is 6.54 Å². The highest BCUT2D eigenvalue weighted by Crippen LogP contribution is 2.25. The zero-order valence-electron chi connectivity index (χ0n) is 10.2. The maximum atomic E-state index is 13.5. The number of anilines is 1. The van der Waals surface area contributed by atoms with Crippen molar-refractivity contribution in [3.8, 4) is 0 Å². The normalized spacial score (nSPS) is 10.5. The topological polar surface area (TPSA) is 12.0 Å². The molecule has 0 aliphatic carbocycles. The number of hydrogen-bond acceptors (Lipinski definition) is 2. The number of thioether (sulfide) groups is 1. The molecule has 0 bridgehead atoms. The van der Waals surface area contributed by atoms with Crippen LogP contribution in [0.5, 0.6) is 0 Å². The van der Waals surface area contributed by atoms with E-state index in [4.69, 9.17) is 0 Å². The maximum absolute atomic E-state index is 13.5. The fourth-order valence-electron chi connectivity index (χ4n) is 1.68. The van der Waals surface area contributed by atoms with Gasteiger partial charge in [-0.1, -0.05) is 12.1 Å². The standard InChI is InChI=1S/C14H12F3NS/c1-19-14-5-3-2-4-13(14)18-8-9-6-11(16)12(17)7-10(9)15/h2-7,18H,8H2,1H3. The first-order valence-electron chi connectivity index (χ1n) is 5.62. The van der Waals surface area contributed by atoms with E-state index in [2.05, 4.69) is 5.32 Å². The van der Waals surface area contributed by atoms with Crippen LogP contribution < -0.4 is 5.32 Å². The lowest BCUT2D eigenvalue weighted by atomic mass is 10.2. The van der Waals surface area contributed by atoms with E-state index in [1.165, 1.54) is 0 Å². The molecule has 2 aromatic carbocycles. The first-order chi connectivity index (χ1) is 9.11. The zero-order valence-corrected chi connectivity index (χ0v) is 11.0. The molecule has 100 valence electrons. The van der Waals surface area contributed by atoms with Gasteiger partial charge in [-0.25, -0.2) is 13.2 Å². The summed E-state index contributed by atoms with van der Waals surface area (Å²) in [5.41, 5.74) is 0.925. The maximum Gasteiger partial charge on any atom is 0.161 e. The number of benzene rings is 2. The average Bonchev–Trinajstić information content (AvgIpc) is 2.41. The Labute approximate surface area is 113 Å². The molecule has 2 rings (SSSR count). The number of hydrogen-bond donors (Lipinski definition) is 1. The van der Waals surface area contributed by atoms with Crippen LogP contribution in [0, 0.1) is 17.5 Å². The average molecular weight is 283 g/mol. The Balaban J connectivity index is 2.17. The Morgan fingerprint density at radius 3 is 2.42 bits per heavy atom. The van der Waals surface area contributed by atoms with Gasteiger partial charge in [0.05, 0.1) is 0 Å². The Morgan fingerprint density at radius 2 is 1.68 bits per heavy atom. The van der Waals surface area contributed by atoms with Crippen molar-refractivity contribution in [3.05, 3.63) is 59.4 Å². The molecule has 0 aliphatic heterocycles. The van der Waals surface area contributed by atoms with E-state index in [0.29, 0.717) is 6.07 Å². The zero-order chi connectivity index (χ0) is 13.8. The molecule has 2 aromatic rings. The third kappa shape index (κ3) is 3.23. The van der Waals surface area contributed by atoms with Crippen LogP contribution in [0.3, 0.4) is 0 Å². The first-order valence-corrected chi connectivity index (χ1v) is 6.84. The van der Waals surface area contributed by atoms with Gasteiger partial charge in [0.25, 0.3) is 0 Å². The third-order valence-electron chi connectivity index (χ3n) is 2.67.